The maximum Gasteiger partial charge on any atom is 0.258 e. The van der Waals surface area contributed by atoms with Crippen LogP contribution in [0.3, 0.4) is 0 Å². The average molecular weight is 231 g/mol. The molecule has 2 aromatic rings. The summed E-state index contributed by atoms with van der Waals surface area (Å²) in [7, 11) is 0. The summed E-state index contributed by atoms with van der Waals surface area (Å²) in [5, 5.41) is 12.7. The molecule has 3 heterocycles. The van der Waals surface area contributed by atoms with Crippen molar-refractivity contribution in [1.29, 1.82) is 0 Å². The molecular weight excluding hydrogens is 218 g/mol. The molecular formula is C12H13N3O2. The Kier molecular flexibility index (Phi) is 2.33. The molecule has 17 heavy (non-hydrogen) atoms. The number of hydrogen-bond acceptors (Lipinski definition) is 4. The van der Waals surface area contributed by atoms with Crippen LogP contribution in [0.4, 0.5) is 0 Å². The standard InChI is InChI=1S/C12H13N3O2/c16-8-3-4-11-14-10(9-2-1-5-13-9)6-12(17)15(11)7-8/h3-4,6-7,9,13,16H,1-2,5H2. The molecule has 0 aromatic carbocycles. The molecule has 0 amide bonds. The van der Waals surface area contributed by atoms with E-state index >= 15 is 0 Å². The third-order valence-electron chi connectivity index (χ3n) is 3.08. The molecule has 2 N–H and O–H groups in total. The fourth-order valence-corrected chi connectivity index (χ4v) is 2.23. The molecule has 0 bridgehead atoms. The summed E-state index contributed by atoms with van der Waals surface area (Å²) in [4.78, 5) is 16.3. The first-order valence-corrected chi connectivity index (χ1v) is 5.70. The summed E-state index contributed by atoms with van der Waals surface area (Å²) < 4.78 is 1.35. The van der Waals surface area contributed by atoms with Crippen molar-refractivity contribution >= 4 is 5.65 Å². The van der Waals surface area contributed by atoms with E-state index in [2.05, 4.69) is 10.3 Å². The van der Waals surface area contributed by atoms with E-state index in [1.165, 1.54) is 22.7 Å². The highest BCUT2D eigenvalue weighted by Crippen LogP contribution is 2.20. The summed E-state index contributed by atoms with van der Waals surface area (Å²) in [5.41, 5.74) is 1.20. The Labute approximate surface area is 97.7 Å². The van der Waals surface area contributed by atoms with E-state index in [-0.39, 0.29) is 17.4 Å². The van der Waals surface area contributed by atoms with Crippen LogP contribution in [0.25, 0.3) is 5.65 Å². The van der Waals surface area contributed by atoms with Crippen LogP contribution in [0.15, 0.2) is 29.2 Å². The Morgan fingerprint density at radius 3 is 3.12 bits per heavy atom. The van der Waals surface area contributed by atoms with Crippen LogP contribution in [-0.2, 0) is 0 Å². The highest BCUT2D eigenvalue weighted by atomic mass is 16.3. The van der Waals surface area contributed by atoms with Crippen molar-refractivity contribution < 1.29 is 5.11 Å². The molecule has 0 radical (unpaired) electrons. The molecule has 1 aliphatic heterocycles. The zero-order valence-corrected chi connectivity index (χ0v) is 9.26. The lowest BCUT2D eigenvalue weighted by atomic mass is 10.1. The number of nitrogens with one attached hydrogen (secondary N) is 1. The van der Waals surface area contributed by atoms with Gasteiger partial charge in [-0.15, -0.1) is 0 Å². The summed E-state index contributed by atoms with van der Waals surface area (Å²) in [6.45, 7) is 0.974. The van der Waals surface area contributed by atoms with E-state index in [1.807, 2.05) is 0 Å². The van der Waals surface area contributed by atoms with Gasteiger partial charge in [-0.2, -0.15) is 0 Å². The number of aromatic hydroxyl groups is 1. The van der Waals surface area contributed by atoms with Crippen LogP contribution in [0.5, 0.6) is 5.75 Å². The Morgan fingerprint density at radius 1 is 1.47 bits per heavy atom. The van der Waals surface area contributed by atoms with Crippen molar-refractivity contribution in [1.82, 2.24) is 14.7 Å². The van der Waals surface area contributed by atoms with Crippen molar-refractivity contribution in [3.63, 3.8) is 0 Å². The van der Waals surface area contributed by atoms with Gasteiger partial charge in [-0.25, -0.2) is 4.98 Å². The molecule has 1 atom stereocenters. The Morgan fingerprint density at radius 2 is 2.35 bits per heavy atom. The fraction of sp³-hybridized carbons (Fsp3) is 0.333. The SMILES string of the molecule is O=c1cc(C2CCCN2)nc2ccc(O)cn12. The number of hydrogen-bond donors (Lipinski definition) is 2. The number of aromatic nitrogens is 2. The topological polar surface area (TPSA) is 66.6 Å². The van der Waals surface area contributed by atoms with E-state index < -0.39 is 0 Å². The van der Waals surface area contributed by atoms with E-state index in [0.29, 0.717) is 5.65 Å². The van der Waals surface area contributed by atoms with E-state index in [0.717, 1.165) is 25.1 Å². The molecule has 2 aromatic heterocycles. The molecule has 5 heteroatoms. The second kappa shape index (κ2) is 3.85. The van der Waals surface area contributed by atoms with Gasteiger partial charge in [0.15, 0.2) is 0 Å². The van der Waals surface area contributed by atoms with Gasteiger partial charge in [0.1, 0.15) is 11.4 Å². The maximum absolute atomic E-state index is 11.9. The largest absolute Gasteiger partial charge is 0.506 e. The minimum Gasteiger partial charge on any atom is -0.506 e. The zero-order chi connectivity index (χ0) is 11.8. The molecule has 1 saturated heterocycles. The second-order valence-corrected chi connectivity index (χ2v) is 4.28. The van der Waals surface area contributed by atoms with Gasteiger partial charge in [-0.1, -0.05) is 0 Å². The molecule has 1 unspecified atom stereocenters. The molecule has 88 valence electrons. The highest BCUT2D eigenvalue weighted by Gasteiger charge is 2.18. The lowest BCUT2D eigenvalue weighted by Crippen LogP contribution is -2.20. The quantitative estimate of drug-likeness (QED) is 0.762. The average Bonchev–Trinajstić information content (AvgIpc) is 2.83. The lowest BCUT2D eigenvalue weighted by molar-refractivity contribution is 0.471. The van der Waals surface area contributed by atoms with E-state index in [9.17, 15) is 9.90 Å². The fourth-order valence-electron chi connectivity index (χ4n) is 2.23. The van der Waals surface area contributed by atoms with Gasteiger partial charge in [-0.05, 0) is 31.5 Å². The van der Waals surface area contributed by atoms with Crippen molar-refractivity contribution in [2.45, 2.75) is 18.9 Å². The normalized spacial score (nSPS) is 19.9. The van der Waals surface area contributed by atoms with Gasteiger partial charge in [-0.3, -0.25) is 9.20 Å². The van der Waals surface area contributed by atoms with Crippen LogP contribution >= 0.6 is 0 Å². The van der Waals surface area contributed by atoms with Crippen molar-refractivity contribution in [2.75, 3.05) is 6.54 Å². The monoisotopic (exact) mass is 231 g/mol. The molecule has 5 nitrogen and oxygen atoms in total. The molecule has 1 aliphatic rings. The van der Waals surface area contributed by atoms with Gasteiger partial charge in [0, 0.05) is 12.1 Å². The van der Waals surface area contributed by atoms with Crippen LogP contribution in [0.1, 0.15) is 24.6 Å². The van der Waals surface area contributed by atoms with Gasteiger partial charge >= 0.3 is 0 Å². The van der Waals surface area contributed by atoms with Crippen molar-refractivity contribution in [3.05, 3.63) is 40.4 Å². The Hall–Kier alpha value is -1.88. The minimum atomic E-state index is -0.158. The van der Waals surface area contributed by atoms with Crippen molar-refractivity contribution in [3.8, 4) is 5.75 Å². The number of rotatable bonds is 1. The third-order valence-corrected chi connectivity index (χ3v) is 3.08. The van der Waals surface area contributed by atoms with Gasteiger partial charge in [0.2, 0.25) is 0 Å². The van der Waals surface area contributed by atoms with Crippen LogP contribution in [0, 0.1) is 0 Å². The van der Waals surface area contributed by atoms with E-state index in [4.69, 9.17) is 0 Å². The molecule has 0 saturated carbocycles. The predicted octanol–water partition coefficient (Wildman–Crippen LogP) is 0.825. The highest BCUT2D eigenvalue weighted by molar-refractivity contribution is 5.41. The summed E-state index contributed by atoms with van der Waals surface area (Å²) >= 11 is 0. The molecule has 0 aliphatic carbocycles. The van der Waals surface area contributed by atoms with Crippen LogP contribution in [0.2, 0.25) is 0 Å². The summed E-state index contributed by atoms with van der Waals surface area (Å²) in [6, 6.07) is 4.90. The Balaban J connectivity index is 2.17. The summed E-state index contributed by atoms with van der Waals surface area (Å²) in [6.07, 6.45) is 3.51. The number of fused-ring (bicyclic) bond motifs is 1. The van der Waals surface area contributed by atoms with Crippen LogP contribution in [-0.4, -0.2) is 21.0 Å². The molecule has 3 rings (SSSR count). The van der Waals surface area contributed by atoms with Gasteiger partial charge < -0.3 is 10.4 Å². The zero-order valence-electron chi connectivity index (χ0n) is 9.26. The second-order valence-electron chi connectivity index (χ2n) is 4.28. The first-order valence-electron chi connectivity index (χ1n) is 5.70. The van der Waals surface area contributed by atoms with Crippen LogP contribution < -0.4 is 10.9 Å². The first-order chi connectivity index (χ1) is 8.24. The third kappa shape index (κ3) is 1.78. The molecule has 1 fully saturated rings. The lowest BCUT2D eigenvalue weighted by Gasteiger charge is -2.10. The maximum atomic E-state index is 11.9. The van der Waals surface area contributed by atoms with Gasteiger partial charge in [0.25, 0.3) is 5.56 Å². The van der Waals surface area contributed by atoms with E-state index in [1.54, 1.807) is 6.07 Å². The smallest absolute Gasteiger partial charge is 0.258 e. The molecule has 0 spiro atoms. The summed E-state index contributed by atoms with van der Waals surface area (Å²) in [5.74, 6) is 0.0631. The van der Waals surface area contributed by atoms with Gasteiger partial charge in [0.05, 0.1) is 11.9 Å². The van der Waals surface area contributed by atoms with Crippen molar-refractivity contribution in [2.24, 2.45) is 0 Å². The minimum absolute atomic E-state index is 0.0631. The number of pyridine rings is 1. The number of nitrogens with zero attached hydrogens (tertiary/aromatic N) is 2. The Bertz CT molecular complexity index is 615. The predicted molar refractivity (Wildman–Crippen MR) is 63.1 cm³/mol. The first kappa shape index (κ1) is 10.3.